The molecule has 0 aliphatic carbocycles. The highest BCUT2D eigenvalue weighted by Gasteiger charge is 2.14. The van der Waals surface area contributed by atoms with Gasteiger partial charge in [0.15, 0.2) is 12.4 Å². The topological polar surface area (TPSA) is 90.7 Å². The third-order valence-electron chi connectivity index (χ3n) is 3.03. The van der Waals surface area contributed by atoms with Gasteiger partial charge in [-0.3, -0.25) is 14.9 Å². The second-order valence-corrected chi connectivity index (χ2v) is 4.93. The molecule has 7 nitrogen and oxygen atoms in total. The lowest BCUT2D eigenvalue weighted by molar-refractivity contribution is -0.385. The van der Waals surface area contributed by atoms with Crippen molar-refractivity contribution in [2.75, 3.05) is 18.5 Å². The van der Waals surface area contributed by atoms with E-state index in [0.717, 1.165) is 12.2 Å². The van der Waals surface area contributed by atoms with Crippen molar-refractivity contribution in [1.29, 1.82) is 0 Å². The van der Waals surface area contributed by atoms with Crippen LogP contribution >= 0.6 is 0 Å². The van der Waals surface area contributed by atoms with Crippen LogP contribution in [0.25, 0.3) is 0 Å². The Balaban J connectivity index is 1.88. The van der Waals surface area contributed by atoms with Crippen molar-refractivity contribution in [2.45, 2.75) is 13.3 Å². The van der Waals surface area contributed by atoms with E-state index in [2.05, 4.69) is 5.32 Å². The van der Waals surface area contributed by atoms with Crippen LogP contribution in [0, 0.1) is 10.1 Å². The molecule has 24 heavy (non-hydrogen) atoms. The summed E-state index contributed by atoms with van der Waals surface area (Å²) >= 11 is 0. The number of carbonyl (C=O) groups excluding carboxylic acids is 1. The first-order valence-electron chi connectivity index (χ1n) is 7.49. The normalized spacial score (nSPS) is 10.0. The third-order valence-corrected chi connectivity index (χ3v) is 3.03. The standard InChI is InChI=1S/C17H18N2O5/c1-2-11-23-14-9-7-13(8-10-14)18-17(20)12-24-16-6-4-3-5-15(16)19(21)22/h3-10H,2,11-12H2,1H3,(H,18,20). The van der Waals surface area contributed by atoms with Gasteiger partial charge in [0.05, 0.1) is 11.5 Å². The van der Waals surface area contributed by atoms with Crippen LogP contribution in [0.5, 0.6) is 11.5 Å². The third kappa shape index (κ3) is 4.98. The molecule has 0 atom stereocenters. The van der Waals surface area contributed by atoms with Gasteiger partial charge in [0.2, 0.25) is 0 Å². The Morgan fingerprint density at radius 3 is 2.50 bits per heavy atom. The minimum atomic E-state index is -0.553. The van der Waals surface area contributed by atoms with Crippen LogP contribution in [-0.2, 0) is 4.79 Å². The second kappa shape index (κ2) is 8.52. The van der Waals surface area contributed by atoms with E-state index in [-0.39, 0.29) is 18.0 Å². The Labute approximate surface area is 139 Å². The van der Waals surface area contributed by atoms with Crippen molar-refractivity contribution in [3.63, 3.8) is 0 Å². The zero-order valence-corrected chi connectivity index (χ0v) is 13.2. The monoisotopic (exact) mass is 330 g/mol. The van der Waals surface area contributed by atoms with Crippen LogP contribution in [0.3, 0.4) is 0 Å². The van der Waals surface area contributed by atoms with Gasteiger partial charge in [-0.05, 0) is 36.8 Å². The van der Waals surface area contributed by atoms with Crippen molar-refractivity contribution >= 4 is 17.3 Å². The van der Waals surface area contributed by atoms with E-state index < -0.39 is 10.8 Å². The Bertz CT molecular complexity index is 700. The highest BCUT2D eigenvalue weighted by Crippen LogP contribution is 2.25. The molecule has 2 aromatic carbocycles. The van der Waals surface area contributed by atoms with E-state index in [9.17, 15) is 14.9 Å². The first kappa shape index (κ1) is 17.3. The molecule has 0 bridgehead atoms. The van der Waals surface area contributed by atoms with E-state index >= 15 is 0 Å². The number of hydrogen-bond acceptors (Lipinski definition) is 5. The summed E-state index contributed by atoms with van der Waals surface area (Å²) in [7, 11) is 0. The van der Waals surface area contributed by atoms with Gasteiger partial charge in [-0.2, -0.15) is 0 Å². The van der Waals surface area contributed by atoms with Gasteiger partial charge in [0.1, 0.15) is 5.75 Å². The molecule has 0 saturated heterocycles. The number of amides is 1. The fraction of sp³-hybridized carbons (Fsp3) is 0.235. The number of nitro benzene ring substituents is 1. The van der Waals surface area contributed by atoms with Gasteiger partial charge in [-0.1, -0.05) is 19.1 Å². The van der Waals surface area contributed by atoms with Crippen LogP contribution in [0.2, 0.25) is 0 Å². The zero-order valence-electron chi connectivity index (χ0n) is 13.2. The highest BCUT2D eigenvalue weighted by molar-refractivity contribution is 5.91. The number of ether oxygens (including phenoxy) is 2. The van der Waals surface area contributed by atoms with Crippen molar-refractivity contribution in [3.8, 4) is 11.5 Å². The molecule has 2 rings (SSSR count). The van der Waals surface area contributed by atoms with Gasteiger partial charge < -0.3 is 14.8 Å². The summed E-state index contributed by atoms with van der Waals surface area (Å²) in [5.74, 6) is 0.377. The molecule has 0 unspecified atom stereocenters. The lowest BCUT2D eigenvalue weighted by atomic mass is 10.3. The molecule has 0 spiro atoms. The number of hydrogen-bond donors (Lipinski definition) is 1. The predicted molar refractivity (Wildman–Crippen MR) is 89.4 cm³/mol. The molecule has 126 valence electrons. The summed E-state index contributed by atoms with van der Waals surface area (Å²) in [5, 5.41) is 13.5. The molecular formula is C17H18N2O5. The first-order chi connectivity index (χ1) is 11.6. The maximum absolute atomic E-state index is 11.9. The van der Waals surface area contributed by atoms with E-state index in [1.807, 2.05) is 6.92 Å². The maximum Gasteiger partial charge on any atom is 0.310 e. The molecule has 0 aromatic heterocycles. The molecule has 0 saturated carbocycles. The van der Waals surface area contributed by atoms with Crippen molar-refractivity contribution < 1.29 is 19.2 Å². The maximum atomic E-state index is 11.9. The average molecular weight is 330 g/mol. The molecule has 0 radical (unpaired) electrons. The van der Waals surface area contributed by atoms with Crippen LogP contribution in [0.15, 0.2) is 48.5 Å². The summed E-state index contributed by atoms with van der Waals surface area (Å²) in [5.41, 5.74) is 0.415. The van der Waals surface area contributed by atoms with Gasteiger partial charge in [-0.25, -0.2) is 0 Å². The summed E-state index contributed by atoms with van der Waals surface area (Å²) in [4.78, 5) is 22.2. The fourth-order valence-electron chi connectivity index (χ4n) is 1.92. The predicted octanol–water partition coefficient (Wildman–Crippen LogP) is 3.40. The van der Waals surface area contributed by atoms with Crippen LogP contribution < -0.4 is 14.8 Å². The molecule has 2 aromatic rings. The second-order valence-electron chi connectivity index (χ2n) is 4.93. The van der Waals surface area contributed by atoms with Gasteiger partial charge >= 0.3 is 5.69 Å². The van der Waals surface area contributed by atoms with E-state index in [4.69, 9.17) is 9.47 Å². The molecule has 0 fully saturated rings. The Kier molecular flexibility index (Phi) is 6.13. The average Bonchev–Trinajstić information content (AvgIpc) is 2.59. The number of anilines is 1. The highest BCUT2D eigenvalue weighted by atomic mass is 16.6. The Morgan fingerprint density at radius 1 is 1.12 bits per heavy atom. The minimum absolute atomic E-state index is 0.0564. The summed E-state index contributed by atoms with van der Waals surface area (Å²) in [6.45, 7) is 2.33. The molecule has 1 amide bonds. The van der Waals surface area contributed by atoms with Crippen molar-refractivity contribution in [3.05, 3.63) is 58.6 Å². The molecule has 7 heteroatoms. The summed E-state index contributed by atoms with van der Waals surface area (Å²) in [6.07, 6.45) is 0.918. The molecule has 1 N–H and O–H groups in total. The van der Waals surface area contributed by atoms with Crippen molar-refractivity contribution in [1.82, 2.24) is 0 Å². The fourth-order valence-corrected chi connectivity index (χ4v) is 1.92. The van der Waals surface area contributed by atoms with Gasteiger partial charge in [0, 0.05) is 11.8 Å². The Hall–Kier alpha value is -3.09. The first-order valence-corrected chi connectivity index (χ1v) is 7.49. The largest absolute Gasteiger partial charge is 0.494 e. The minimum Gasteiger partial charge on any atom is -0.494 e. The van der Waals surface area contributed by atoms with Crippen molar-refractivity contribution in [2.24, 2.45) is 0 Å². The number of nitrogens with one attached hydrogen (secondary N) is 1. The lowest BCUT2D eigenvalue weighted by Gasteiger charge is -2.09. The number of para-hydroxylation sites is 2. The number of nitro groups is 1. The molecule has 0 aliphatic rings. The Morgan fingerprint density at radius 2 is 1.83 bits per heavy atom. The number of rotatable bonds is 8. The quantitative estimate of drug-likeness (QED) is 0.592. The number of nitrogens with zero attached hydrogens (tertiary/aromatic N) is 1. The summed E-state index contributed by atoms with van der Waals surface area (Å²) < 4.78 is 10.7. The smallest absolute Gasteiger partial charge is 0.310 e. The SMILES string of the molecule is CCCOc1ccc(NC(=O)COc2ccccc2[N+](=O)[O-])cc1. The summed E-state index contributed by atoms with van der Waals surface area (Å²) in [6, 6.07) is 12.9. The zero-order chi connectivity index (χ0) is 17.4. The molecule has 0 heterocycles. The van der Waals surface area contributed by atoms with Crippen LogP contribution in [0.4, 0.5) is 11.4 Å². The van der Waals surface area contributed by atoms with E-state index in [0.29, 0.717) is 12.3 Å². The van der Waals surface area contributed by atoms with Crippen LogP contribution in [-0.4, -0.2) is 24.0 Å². The lowest BCUT2D eigenvalue weighted by Crippen LogP contribution is -2.20. The van der Waals surface area contributed by atoms with Crippen LogP contribution in [0.1, 0.15) is 13.3 Å². The molecule has 0 aliphatic heterocycles. The van der Waals surface area contributed by atoms with Gasteiger partial charge in [-0.15, -0.1) is 0 Å². The molecular weight excluding hydrogens is 312 g/mol. The van der Waals surface area contributed by atoms with E-state index in [1.54, 1.807) is 30.3 Å². The van der Waals surface area contributed by atoms with Gasteiger partial charge in [0.25, 0.3) is 5.91 Å². The van der Waals surface area contributed by atoms with E-state index in [1.165, 1.54) is 18.2 Å². The number of benzene rings is 2. The number of carbonyl (C=O) groups is 1.